The molecule has 0 aromatic rings. The first-order valence-electron chi connectivity index (χ1n) is 7.02. The highest BCUT2D eigenvalue weighted by Gasteiger charge is 2.38. The lowest BCUT2D eigenvalue weighted by Gasteiger charge is -2.42. The molecule has 2 saturated heterocycles. The Kier molecular flexibility index (Phi) is 4.11. The molecule has 0 amide bonds. The van der Waals surface area contributed by atoms with E-state index in [9.17, 15) is 5.11 Å². The molecule has 0 spiro atoms. The summed E-state index contributed by atoms with van der Waals surface area (Å²) in [7, 11) is 0. The third-order valence-electron chi connectivity index (χ3n) is 5.00. The molecule has 2 heterocycles. The standard InChI is InChI=1S/C14H27NO2/c1-3-13(2)4-7-15(8-5-13)10-14(11-16)6-9-17-12-14/h16H,3-12H2,1-2H3. The largest absolute Gasteiger partial charge is 0.396 e. The van der Waals surface area contributed by atoms with Crippen LogP contribution in [-0.4, -0.2) is 49.5 Å². The van der Waals surface area contributed by atoms with Crippen LogP contribution in [0.2, 0.25) is 0 Å². The number of ether oxygens (including phenoxy) is 1. The third-order valence-corrected chi connectivity index (χ3v) is 5.00. The maximum atomic E-state index is 9.59. The number of hydrogen-bond donors (Lipinski definition) is 1. The second kappa shape index (κ2) is 5.25. The van der Waals surface area contributed by atoms with Crippen molar-refractivity contribution in [3.63, 3.8) is 0 Å². The van der Waals surface area contributed by atoms with E-state index in [1.807, 2.05) is 0 Å². The van der Waals surface area contributed by atoms with Gasteiger partial charge in [0.05, 0.1) is 13.2 Å². The molecular formula is C14H27NO2. The van der Waals surface area contributed by atoms with Gasteiger partial charge in [0.15, 0.2) is 0 Å². The lowest BCUT2D eigenvalue weighted by molar-refractivity contribution is 0.0304. The molecule has 1 atom stereocenters. The Morgan fingerprint density at radius 3 is 2.41 bits per heavy atom. The summed E-state index contributed by atoms with van der Waals surface area (Å²) in [6.45, 7) is 9.93. The van der Waals surface area contributed by atoms with E-state index in [4.69, 9.17) is 4.74 Å². The van der Waals surface area contributed by atoms with Gasteiger partial charge in [-0.1, -0.05) is 20.3 Å². The van der Waals surface area contributed by atoms with E-state index in [1.54, 1.807) is 0 Å². The molecule has 2 aliphatic rings. The quantitative estimate of drug-likeness (QED) is 0.816. The van der Waals surface area contributed by atoms with Gasteiger partial charge in [-0.05, 0) is 37.8 Å². The van der Waals surface area contributed by atoms with Crippen LogP contribution in [-0.2, 0) is 4.74 Å². The fraction of sp³-hybridized carbons (Fsp3) is 1.00. The van der Waals surface area contributed by atoms with E-state index < -0.39 is 0 Å². The Morgan fingerprint density at radius 2 is 1.94 bits per heavy atom. The van der Waals surface area contributed by atoms with Crippen LogP contribution in [0.4, 0.5) is 0 Å². The molecule has 0 aromatic carbocycles. The topological polar surface area (TPSA) is 32.7 Å². The summed E-state index contributed by atoms with van der Waals surface area (Å²) >= 11 is 0. The summed E-state index contributed by atoms with van der Waals surface area (Å²) in [4.78, 5) is 2.53. The fourth-order valence-electron chi connectivity index (χ4n) is 3.03. The zero-order chi connectivity index (χ0) is 12.4. The first-order chi connectivity index (χ1) is 8.11. The highest BCUT2D eigenvalue weighted by molar-refractivity contribution is 4.89. The molecule has 2 fully saturated rings. The van der Waals surface area contributed by atoms with E-state index in [-0.39, 0.29) is 12.0 Å². The van der Waals surface area contributed by atoms with Crippen molar-refractivity contribution in [1.82, 2.24) is 4.90 Å². The van der Waals surface area contributed by atoms with Gasteiger partial charge >= 0.3 is 0 Å². The Hall–Kier alpha value is -0.120. The van der Waals surface area contributed by atoms with Gasteiger partial charge in [0.2, 0.25) is 0 Å². The normalized spacial score (nSPS) is 34.1. The first kappa shape index (κ1) is 13.3. The van der Waals surface area contributed by atoms with E-state index in [1.165, 1.54) is 32.4 Å². The van der Waals surface area contributed by atoms with Gasteiger partial charge in [0.1, 0.15) is 0 Å². The molecule has 2 rings (SSSR count). The Labute approximate surface area is 105 Å². The monoisotopic (exact) mass is 241 g/mol. The van der Waals surface area contributed by atoms with Crippen LogP contribution in [0.25, 0.3) is 0 Å². The van der Waals surface area contributed by atoms with Crippen LogP contribution in [0.3, 0.4) is 0 Å². The van der Waals surface area contributed by atoms with Crippen molar-refractivity contribution < 1.29 is 9.84 Å². The number of hydrogen-bond acceptors (Lipinski definition) is 3. The fourth-order valence-corrected chi connectivity index (χ4v) is 3.03. The van der Waals surface area contributed by atoms with Crippen LogP contribution < -0.4 is 0 Å². The molecule has 17 heavy (non-hydrogen) atoms. The smallest absolute Gasteiger partial charge is 0.0557 e. The molecular weight excluding hydrogens is 214 g/mol. The molecule has 0 aromatic heterocycles. The molecule has 0 radical (unpaired) electrons. The minimum atomic E-state index is 0.0277. The van der Waals surface area contributed by atoms with Crippen LogP contribution in [0.5, 0.6) is 0 Å². The van der Waals surface area contributed by atoms with Crippen molar-refractivity contribution >= 4 is 0 Å². The Balaban J connectivity index is 1.85. The molecule has 0 bridgehead atoms. The average Bonchev–Trinajstić information content (AvgIpc) is 2.82. The lowest BCUT2D eigenvalue weighted by Crippen LogP contribution is -2.46. The van der Waals surface area contributed by atoms with Crippen LogP contribution >= 0.6 is 0 Å². The zero-order valence-corrected chi connectivity index (χ0v) is 11.4. The maximum absolute atomic E-state index is 9.59. The SMILES string of the molecule is CCC1(C)CCN(CC2(CO)CCOC2)CC1. The van der Waals surface area contributed by atoms with E-state index >= 15 is 0 Å². The summed E-state index contributed by atoms with van der Waals surface area (Å²) < 4.78 is 5.47. The molecule has 3 nitrogen and oxygen atoms in total. The minimum absolute atomic E-state index is 0.0277. The predicted octanol–water partition coefficient (Wildman–Crippen LogP) is 1.90. The van der Waals surface area contributed by atoms with Gasteiger partial charge < -0.3 is 14.7 Å². The van der Waals surface area contributed by atoms with Gasteiger partial charge in [-0.15, -0.1) is 0 Å². The van der Waals surface area contributed by atoms with E-state index in [2.05, 4.69) is 18.7 Å². The van der Waals surface area contributed by atoms with E-state index in [0.29, 0.717) is 5.41 Å². The van der Waals surface area contributed by atoms with Gasteiger partial charge in [0, 0.05) is 18.6 Å². The Morgan fingerprint density at radius 1 is 1.24 bits per heavy atom. The summed E-state index contributed by atoms with van der Waals surface area (Å²) in [5.74, 6) is 0. The van der Waals surface area contributed by atoms with Crippen LogP contribution in [0.15, 0.2) is 0 Å². The predicted molar refractivity (Wildman–Crippen MR) is 69.0 cm³/mol. The van der Waals surface area contributed by atoms with Crippen molar-refractivity contribution in [3.8, 4) is 0 Å². The van der Waals surface area contributed by atoms with Gasteiger partial charge in [-0.25, -0.2) is 0 Å². The number of aliphatic hydroxyl groups excluding tert-OH is 1. The number of likely N-dealkylation sites (tertiary alicyclic amines) is 1. The molecule has 0 saturated carbocycles. The second-order valence-electron chi connectivity index (χ2n) is 6.40. The molecule has 2 aliphatic heterocycles. The summed E-state index contributed by atoms with van der Waals surface area (Å²) in [6, 6.07) is 0. The minimum Gasteiger partial charge on any atom is -0.396 e. The lowest BCUT2D eigenvalue weighted by atomic mass is 9.77. The molecule has 0 aliphatic carbocycles. The van der Waals surface area contributed by atoms with Gasteiger partial charge in [-0.2, -0.15) is 0 Å². The van der Waals surface area contributed by atoms with Gasteiger partial charge in [0.25, 0.3) is 0 Å². The number of rotatable bonds is 4. The zero-order valence-electron chi connectivity index (χ0n) is 11.4. The van der Waals surface area contributed by atoms with E-state index in [0.717, 1.165) is 26.2 Å². The number of aliphatic hydroxyl groups is 1. The van der Waals surface area contributed by atoms with Gasteiger partial charge in [-0.3, -0.25) is 0 Å². The highest BCUT2D eigenvalue weighted by Crippen LogP contribution is 2.36. The summed E-state index contributed by atoms with van der Waals surface area (Å²) in [5.41, 5.74) is 0.578. The second-order valence-corrected chi connectivity index (χ2v) is 6.40. The maximum Gasteiger partial charge on any atom is 0.0557 e. The van der Waals surface area contributed by atoms with Crippen molar-refractivity contribution in [3.05, 3.63) is 0 Å². The molecule has 1 unspecified atom stereocenters. The van der Waals surface area contributed by atoms with Crippen molar-refractivity contribution in [2.45, 2.75) is 39.5 Å². The van der Waals surface area contributed by atoms with Crippen molar-refractivity contribution in [1.29, 1.82) is 0 Å². The molecule has 1 N–H and O–H groups in total. The van der Waals surface area contributed by atoms with Crippen LogP contribution in [0, 0.1) is 10.8 Å². The van der Waals surface area contributed by atoms with Crippen LogP contribution in [0.1, 0.15) is 39.5 Å². The molecule has 100 valence electrons. The summed E-state index contributed by atoms with van der Waals surface area (Å²) in [5, 5.41) is 9.59. The number of piperidine rings is 1. The van der Waals surface area contributed by atoms with Crippen molar-refractivity contribution in [2.75, 3.05) is 39.5 Å². The highest BCUT2D eigenvalue weighted by atomic mass is 16.5. The third kappa shape index (κ3) is 3.01. The Bertz CT molecular complexity index is 241. The van der Waals surface area contributed by atoms with Crippen molar-refractivity contribution in [2.24, 2.45) is 10.8 Å². The summed E-state index contributed by atoms with van der Waals surface area (Å²) in [6.07, 6.45) is 4.90. The average molecular weight is 241 g/mol. The number of nitrogens with zero attached hydrogens (tertiary/aromatic N) is 1. The molecule has 3 heteroatoms. The first-order valence-corrected chi connectivity index (χ1v) is 7.02.